The van der Waals surface area contributed by atoms with Crippen molar-refractivity contribution < 1.29 is 0 Å². The average molecular weight is 396 g/mol. The summed E-state index contributed by atoms with van der Waals surface area (Å²) in [7, 11) is 0. The fourth-order valence-electron chi connectivity index (χ4n) is 2.91. The number of nitrogens with one attached hydrogen (secondary N) is 2. The van der Waals surface area contributed by atoms with Crippen LogP contribution in [-0.2, 0) is 13.0 Å². The molecule has 0 amide bonds. The van der Waals surface area contributed by atoms with Gasteiger partial charge in [-0.3, -0.25) is 9.89 Å². The number of H-pyrrole nitrogens is 1. The highest BCUT2D eigenvalue weighted by molar-refractivity contribution is 6.31. The Balaban J connectivity index is 1.57. The fraction of sp³-hybridized carbons (Fsp3) is 0.211. The van der Waals surface area contributed by atoms with Crippen LogP contribution in [0.1, 0.15) is 24.6 Å². The Hall–Kier alpha value is -3.26. The maximum atomic E-state index is 12.2. The molecule has 0 saturated heterocycles. The topological polar surface area (TPSA) is 101 Å². The number of halogens is 1. The second-order valence-corrected chi connectivity index (χ2v) is 6.74. The van der Waals surface area contributed by atoms with Gasteiger partial charge in [-0.1, -0.05) is 31.0 Å². The molecule has 9 heteroatoms. The summed E-state index contributed by atoms with van der Waals surface area (Å²) in [5, 5.41) is 6.72. The average Bonchev–Trinajstić information content (AvgIpc) is 3.12. The zero-order valence-corrected chi connectivity index (χ0v) is 15.9. The molecule has 0 aliphatic carbocycles. The number of rotatable bonds is 6. The largest absolute Gasteiger partial charge is 0.350 e. The summed E-state index contributed by atoms with van der Waals surface area (Å²) in [5.74, 6) is 0.794. The highest BCUT2D eigenvalue weighted by atomic mass is 35.5. The van der Waals surface area contributed by atoms with Gasteiger partial charge in [0.05, 0.1) is 5.69 Å². The Bertz CT molecular complexity index is 1170. The van der Waals surface area contributed by atoms with Crippen LogP contribution in [0.3, 0.4) is 0 Å². The molecule has 1 aromatic carbocycles. The van der Waals surface area contributed by atoms with E-state index in [9.17, 15) is 4.79 Å². The summed E-state index contributed by atoms with van der Waals surface area (Å²) >= 11 is 6.34. The van der Waals surface area contributed by atoms with E-state index in [2.05, 4.69) is 30.4 Å². The van der Waals surface area contributed by atoms with E-state index in [1.807, 2.05) is 25.1 Å². The molecule has 0 fully saturated rings. The Labute approximate surface area is 165 Å². The van der Waals surface area contributed by atoms with Crippen molar-refractivity contribution in [2.24, 2.45) is 0 Å². The third kappa shape index (κ3) is 3.72. The van der Waals surface area contributed by atoms with Crippen LogP contribution in [0.25, 0.3) is 16.9 Å². The minimum absolute atomic E-state index is 0.182. The van der Waals surface area contributed by atoms with Gasteiger partial charge >= 0.3 is 0 Å². The van der Waals surface area contributed by atoms with E-state index in [-0.39, 0.29) is 5.56 Å². The third-order valence-electron chi connectivity index (χ3n) is 4.28. The van der Waals surface area contributed by atoms with Crippen LogP contribution in [0.5, 0.6) is 0 Å². The first-order chi connectivity index (χ1) is 13.6. The van der Waals surface area contributed by atoms with E-state index >= 15 is 0 Å². The lowest BCUT2D eigenvalue weighted by molar-refractivity contribution is 0.837. The predicted molar refractivity (Wildman–Crippen MR) is 107 cm³/mol. The molecule has 2 N–H and O–H groups in total. The molecule has 0 bridgehead atoms. The molecule has 4 aromatic rings. The van der Waals surface area contributed by atoms with E-state index in [4.69, 9.17) is 11.6 Å². The molecule has 3 aromatic heterocycles. The third-order valence-corrected chi connectivity index (χ3v) is 4.64. The first-order valence-electron chi connectivity index (χ1n) is 8.90. The van der Waals surface area contributed by atoms with Crippen molar-refractivity contribution in [3.63, 3.8) is 0 Å². The molecule has 0 aliphatic rings. The maximum Gasteiger partial charge on any atom is 0.274 e. The first kappa shape index (κ1) is 18.1. The van der Waals surface area contributed by atoms with Gasteiger partial charge in [0.25, 0.3) is 11.3 Å². The number of aromatic nitrogens is 6. The quantitative estimate of drug-likeness (QED) is 0.520. The van der Waals surface area contributed by atoms with Crippen molar-refractivity contribution >= 4 is 23.3 Å². The van der Waals surface area contributed by atoms with Crippen LogP contribution in [0.15, 0.2) is 47.8 Å². The Morgan fingerprint density at radius 1 is 1.14 bits per heavy atom. The van der Waals surface area contributed by atoms with Gasteiger partial charge in [0, 0.05) is 35.6 Å². The van der Waals surface area contributed by atoms with Crippen molar-refractivity contribution in [3.05, 3.63) is 69.6 Å². The minimum atomic E-state index is -0.182. The Kier molecular flexibility index (Phi) is 5.03. The van der Waals surface area contributed by atoms with Gasteiger partial charge in [-0.25, -0.2) is 15.0 Å². The van der Waals surface area contributed by atoms with E-state index < -0.39 is 0 Å². The highest BCUT2D eigenvalue weighted by Crippen LogP contribution is 2.24. The number of aryl methyl sites for hydroxylation is 1. The van der Waals surface area contributed by atoms with Gasteiger partial charge in [0.1, 0.15) is 6.33 Å². The number of hydrogen-bond donors (Lipinski definition) is 2. The van der Waals surface area contributed by atoms with Gasteiger partial charge in [-0.2, -0.15) is 9.50 Å². The minimum Gasteiger partial charge on any atom is -0.350 e. The van der Waals surface area contributed by atoms with Crippen molar-refractivity contribution in [3.8, 4) is 11.1 Å². The van der Waals surface area contributed by atoms with Crippen LogP contribution in [0.4, 0.5) is 5.95 Å². The standard InChI is InChI=1S/C19H18ClN7O/c1-2-3-15-7-17(28)27-19(24-15)25-18(26-27)23-10-13-6-12(4-5-16(13)20)14-8-21-11-22-9-14/h4-9,11H,2-3,10H2,1H3,(H2,23,24,25,26). The van der Waals surface area contributed by atoms with Crippen molar-refractivity contribution in [1.29, 1.82) is 0 Å². The second kappa shape index (κ2) is 7.77. The van der Waals surface area contributed by atoms with Gasteiger partial charge in [0.2, 0.25) is 5.95 Å². The van der Waals surface area contributed by atoms with Crippen molar-refractivity contribution in [2.45, 2.75) is 26.3 Å². The SMILES string of the molecule is CCCc1cc(=O)n2[nH]c(NCc3cc(-c4cncnc4)ccc3Cl)nc2n1. The number of fused-ring (bicyclic) bond motifs is 1. The van der Waals surface area contributed by atoms with Crippen molar-refractivity contribution in [1.82, 2.24) is 29.5 Å². The van der Waals surface area contributed by atoms with Crippen LogP contribution < -0.4 is 10.9 Å². The highest BCUT2D eigenvalue weighted by Gasteiger charge is 2.09. The molecule has 4 rings (SSSR count). The lowest BCUT2D eigenvalue weighted by Gasteiger charge is -2.08. The van der Waals surface area contributed by atoms with Crippen molar-refractivity contribution in [2.75, 3.05) is 5.32 Å². The molecule has 28 heavy (non-hydrogen) atoms. The van der Waals surface area contributed by atoms with Crippen LogP contribution >= 0.6 is 11.6 Å². The molecular weight excluding hydrogens is 378 g/mol. The molecular formula is C19H18ClN7O. The van der Waals surface area contributed by atoms with E-state index in [0.717, 1.165) is 35.2 Å². The van der Waals surface area contributed by atoms with Gasteiger partial charge in [-0.05, 0) is 29.7 Å². The molecule has 3 heterocycles. The normalized spacial score (nSPS) is 11.1. The Morgan fingerprint density at radius 2 is 1.96 bits per heavy atom. The summed E-state index contributed by atoms with van der Waals surface area (Å²) in [6.07, 6.45) is 6.65. The number of benzene rings is 1. The fourth-order valence-corrected chi connectivity index (χ4v) is 3.09. The maximum absolute atomic E-state index is 12.2. The summed E-state index contributed by atoms with van der Waals surface area (Å²) in [6, 6.07) is 7.26. The smallest absolute Gasteiger partial charge is 0.274 e. The molecule has 0 atom stereocenters. The van der Waals surface area contributed by atoms with Gasteiger partial charge in [0.15, 0.2) is 0 Å². The second-order valence-electron chi connectivity index (χ2n) is 6.33. The number of anilines is 1. The molecule has 0 unspecified atom stereocenters. The van der Waals surface area contributed by atoms with Gasteiger partial charge < -0.3 is 5.32 Å². The zero-order valence-electron chi connectivity index (χ0n) is 15.2. The lowest BCUT2D eigenvalue weighted by atomic mass is 10.1. The lowest BCUT2D eigenvalue weighted by Crippen LogP contribution is -2.15. The van der Waals surface area contributed by atoms with Gasteiger partial charge in [-0.15, -0.1) is 0 Å². The van der Waals surface area contributed by atoms with E-state index in [1.165, 1.54) is 16.9 Å². The monoisotopic (exact) mass is 395 g/mol. The molecule has 0 saturated carbocycles. The van der Waals surface area contributed by atoms with Crippen LogP contribution in [0.2, 0.25) is 5.02 Å². The summed E-state index contributed by atoms with van der Waals surface area (Å²) in [6.45, 7) is 2.47. The molecule has 8 nitrogen and oxygen atoms in total. The molecule has 142 valence electrons. The van der Waals surface area contributed by atoms with E-state index in [0.29, 0.717) is 23.3 Å². The molecule has 0 radical (unpaired) electrons. The van der Waals surface area contributed by atoms with E-state index in [1.54, 1.807) is 12.4 Å². The number of aromatic amines is 1. The summed E-state index contributed by atoms with van der Waals surface area (Å²) in [5.41, 5.74) is 3.32. The van der Waals surface area contributed by atoms with Crippen LogP contribution in [-0.4, -0.2) is 29.5 Å². The molecule has 0 aliphatic heterocycles. The Morgan fingerprint density at radius 3 is 2.75 bits per heavy atom. The summed E-state index contributed by atoms with van der Waals surface area (Å²) in [4.78, 5) is 29.1. The number of hydrogen-bond acceptors (Lipinski definition) is 6. The predicted octanol–water partition coefficient (Wildman–Crippen LogP) is 3.09. The van der Waals surface area contributed by atoms with Crippen LogP contribution in [0, 0.1) is 0 Å². The first-order valence-corrected chi connectivity index (χ1v) is 9.28. The zero-order chi connectivity index (χ0) is 19.5. The number of nitrogens with zero attached hydrogens (tertiary/aromatic N) is 5. The summed E-state index contributed by atoms with van der Waals surface area (Å²) < 4.78 is 1.32. The molecule has 0 spiro atoms.